The minimum atomic E-state index is -0.410. The maximum absolute atomic E-state index is 11.3. The van der Waals surface area contributed by atoms with Gasteiger partial charge in [0.15, 0.2) is 0 Å². The van der Waals surface area contributed by atoms with Gasteiger partial charge in [-0.2, -0.15) is 0 Å². The Morgan fingerprint density at radius 1 is 1.30 bits per heavy atom. The molecule has 0 radical (unpaired) electrons. The summed E-state index contributed by atoms with van der Waals surface area (Å²) < 4.78 is 10.2. The smallest absolute Gasteiger partial charge is 0.339 e. The Hall–Kier alpha value is -2.07. The number of hydrogen-bond acceptors (Lipinski definition) is 4. The zero-order valence-electron chi connectivity index (χ0n) is 11.2. The maximum atomic E-state index is 11.3. The Labute approximate surface area is 122 Å². The van der Waals surface area contributed by atoms with Gasteiger partial charge in [-0.15, -0.1) is 0 Å². The Bertz CT molecular complexity index is 611. The molecule has 0 N–H and O–H groups in total. The number of methoxy groups -OCH3 is 1. The summed E-state index contributed by atoms with van der Waals surface area (Å²) in [6, 6.07) is 8.94. The van der Waals surface area contributed by atoms with Crippen LogP contribution in [0.25, 0.3) is 0 Å². The first-order valence-electron chi connectivity index (χ1n) is 6.02. The second kappa shape index (κ2) is 6.39. The predicted octanol–water partition coefficient (Wildman–Crippen LogP) is 3.41. The van der Waals surface area contributed by atoms with Crippen LogP contribution in [-0.4, -0.2) is 18.1 Å². The molecule has 20 heavy (non-hydrogen) atoms. The van der Waals surface area contributed by atoms with Crippen molar-refractivity contribution >= 4 is 17.6 Å². The molecule has 5 heteroatoms. The third kappa shape index (κ3) is 3.48. The number of halogens is 1. The van der Waals surface area contributed by atoms with E-state index >= 15 is 0 Å². The highest BCUT2D eigenvalue weighted by molar-refractivity contribution is 6.32. The monoisotopic (exact) mass is 291 g/mol. The molecule has 2 rings (SSSR count). The van der Waals surface area contributed by atoms with E-state index in [0.717, 1.165) is 5.56 Å². The van der Waals surface area contributed by atoms with E-state index in [-0.39, 0.29) is 6.61 Å². The van der Waals surface area contributed by atoms with Crippen LogP contribution in [0.3, 0.4) is 0 Å². The van der Waals surface area contributed by atoms with Gasteiger partial charge < -0.3 is 9.47 Å². The van der Waals surface area contributed by atoms with Crippen molar-refractivity contribution in [2.24, 2.45) is 0 Å². The van der Waals surface area contributed by atoms with Gasteiger partial charge >= 0.3 is 5.97 Å². The molecule has 0 aliphatic heterocycles. The fourth-order valence-corrected chi connectivity index (χ4v) is 1.79. The van der Waals surface area contributed by atoms with Crippen LogP contribution in [0, 0.1) is 6.92 Å². The minimum Gasteiger partial charge on any atom is -0.486 e. The van der Waals surface area contributed by atoms with Crippen molar-refractivity contribution < 1.29 is 14.3 Å². The number of nitrogens with zero attached hydrogens (tertiary/aromatic N) is 1. The molecule has 0 bridgehead atoms. The van der Waals surface area contributed by atoms with Gasteiger partial charge in [0.05, 0.1) is 23.4 Å². The van der Waals surface area contributed by atoms with Crippen LogP contribution in [0.1, 0.15) is 21.6 Å². The highest BCUT2D eigenvalue weighted by Crippen LogP contribution is 2.25. The number of aromatic nitrogens is 1. The highest BCUT2D eigenvalue weighted by atomic mass is 35.5. The van der Waals surface area contributed by atoms with Gasteiger partial charge in [0.25, 0.3) is 0 Å². The molecular weight excluding hydrogens is 278 g/mol. The molecule has 1 aromatic carbocycles. The third-order valence-corrected chi connectivity index (χ3v) is 3.02. The fourth-order valence-electron chi connectivity index (χ4n) is 1.62. The van der Waals surface area contributed by atoms with Crippen LogP contribution < -0.4 is 4.74 Å². The molecule has 0 saturated carbocycles. The molecule has 0 aliphatic carbocycles. The van der Waals surface area contributed by atoms with E-state index in [2.05, 4.69) is 9.72 Å². The van der Waals surface area contributed by atoms with Crippen molar-refractivity contribution in [1.29, 1.82) is 0 Å². The average Bonchev–Trinajstić information content (AvgIpc) is 2.48. The molecule has 0 atom stereocenters. The van der Waals surface area contributed by atoms with E-state index in [1.807, 2.05) is 19.1 Å². The predicted molar refractivity (Wildman–Crippen MR) is 76.1 cm³/mol. The molecule has 0 spiro atoms. The van der Waals surface area contributed by atoms with Gasteiger partial charge in [-0.3, -0.25) is 4.98 Å². The van der Waals surface area contributed by atoms with Gasteiger partial charge in [0.2, 0.25) is 0 Å². The Balaban J connectivity index is 2.04. The number of pyridine rings is 1. The molecule has 0 amide bonds. The summed E-state index contributed by atoms with van der Waals surface area (Å²) in [4.78, 5) is 15.4. The molecule has 1 heterocycles. The number of ether oxygens (including phenoxy) is 2. The summed E-state index contributed by atoms with van der Waals surface area (Å²) in [5.41, 5.74) is 2.18. The number of aryl methyl sites for hydroxylation is 1. The van der Waals surface area contributed by atoms with Crippen LogP contribution in [0.2, 0.25) is 5.02 Å². The summed E-state index contributed by atoms with van der Waals surface area (Å²) in [7, 11) is 1.33. The summed E-state index contributed by atoms with van der Waals surface area (Å²) in [5.74, 6) is 0.206. The van der Waals surface area contributed by atoms with Crippen molar-refractivity contribution in [2.45, 2.75) is 13.5 Å². The van der Waals surface area contributed by atoms with Crippen LogP contribution >= 0.6 is 11.6 Å². The lowest BCUT2D eigenvalue weighted by molar-refractivity contribution is 0.0600. The lowest BCUT2D eigenvalue weighted by atomic mass is 10.2. The van der Waals surface area contributed by atoms with E-state index in [1.54, 1.807) is 18.2 Å². The molecule has 0 saturated heterocycles. The molecule has 0 fully saturated rings. The molecule has 0 unspecified atom stereocenters. The van der Waals surface area contributed by atoms with Crippen molar-refractivity contribution in [3.8, 4) is 5.75 Å². The summed E-state index contributed by atoms with van der Waals surface area (Å²) in [5, 5.41) is 0.557. The molecule has 1 aromatic heterocycles. The van der Waals surface area contributed by atoms with E-state index < -0.39 is 5.97 Å². The largest absolute Gasteiger partial charge is 0.486 e. The highest BCUT2D eigenvalue weighted by Gasteiger charge is 2.07. The van der Waals surface area contributed by atoms with Gasteiger partial charge in [-0.1, -0.05) is 17.7 Å². The molecule has 104 valence electrons. The Kier molecular flexibility index (Phi) is 4.58. The first kappa shape index (κ1) is 14.3. The first-order valence-corrected chi connectivity index (χ1v) is 6.40. The number of carbonyl (C=O) groups excluding carboxylic acids is 1. The number of benzene rings is 1. The Morgan fingerprint density at radius 3 is 2.75 bits per heavy atom. The van der Waals surface area contributed by atoms with E-state index in [1.165, 1.54) is 13.3 Å². The molecular formula is C15H14ClNO3. The van der Waals surface area contributed by atoms with Crippen LogP contribution in [-0.2, 0) is 11.3 Å². The summed E-state index contributed by atoms with van der Waals surface area (Å²) >= 11 is 6.04. The van der Waals surface area contributed by atoms with Crippen LogP contribution in [0.5, 0.6) is 5.75 Å². The van der Waals surface area contributed by atoms with Crippen LogP contribution in [0.15, 0.2) is 36.5 Å². The molecule has 2 aromatic rings. The second-order valence-corrected chi connectivity index (χ2v) is 4.66. The van der Waals surface area contributed by atoms with Crippen molar-refractivity contribution in [1.82, 2.24) is 4.98 Å². The van der Waals surface area contributed by atoms with Crippen molar-refractivity contribution in [2.75, 3.05) is 7.11 Å². The number of hydrogen-bond donors (Lipinski definition) is 0. The standard InChI is InChI=1S/C15H14ClNO3/c1-10-3-6-13(16)14(7-10)20-9-12-5-4-11(8-17-12)15(18)19-2/h3-8H,9H2,1-2H3. The second-order valence-electron chi connectivity index (χ2n) is 4.25. The zero-order chi connectivity index (χ0) is 14.5. The quantitative estimate of drug-likeness (QED) is 0.810. The first-order chi connectivity index (χ1) is 9.60. The van der Waals surface area contributed by atoms with E-state index in [4.69, 9.17) is 16.3 Å². The van der Waals surface area contributed by atoms with Crippen molar-refractivity contribution in [3.63, 3.8) is 0 Å². The zero-order valence-corrected chi connectivity index (χ0v) is 12.0. The number of carbonyl (C=O) groups is 1. The topological polar surface area (TPSA) is 48.4 Å². The Morgan fingerprint density at radius 2 is 2.10 bits per heavy atom. The van der Waals surface area contributed by atoms with E-state index in [0.29, 0.717) is 22.0 Å². The van der Waals surface area contributed by atoms with E-state index in [9.17, 15) is 4.79 Å². The third-order valence-electron chi connectivity index (χ3n) is 2.71. The molecule has 0 aliphatic rings. The number of rotatable bonds is 4. The normalized spacial score (nSPS) is 10.2. The summed E-state index contributed by atoms with van der Waals surface area (Å²) in [6.07, 6.45) is 1.46. The van der Waals surface area contributed by atoms with Gasteiger partial charge in [0, 0.05) is 6.20 Å². The SMILES string of the molecule is COC(=O)c1ccc(COc2cc(C)ccc2Cl)nc1. The van der Waals surface area contributed by atoms with Crippen LogP contribution in [0.4, 0.5) is 0 Å². The van der Waals surface area contributed by atoms with Gasteiger partial charge in [-0.25, -0.2) is 4.79 Å². The fraction of sp³-hybridized carbons (Fsp3) is 0.200. The molecule has 4 nitrogen and oxygen atoms in total. The average molecular weight is 292 g/mol. The maximum Gasteiger partial charge on any atom is 0.339 e. The lowest BCUT2D eigenvalue weighted by Gasteiger charge is -2.08. The number of esters is 1. The van der Waals surface area contributed by atoms with Gasteiger partial charge in [-0.05, 0) is 36.8 Å². The van der Waals surface area contributed by atoms with Gasteiger partial charge in [0.1, 0.15) is 12.4 Å². The summed E-state index contributed by atoms with van der Waals surface area (Å²) in [6.45, 7) is 2.25. The van der Waals surface area contributed by atoms with Crippen molar-refractivity contribution in [3.05, 3.63) is 58.4 Å². The minimum absolute atomic E-state index is 0.282. The lowest BCUT2D eigenvalue weighted by Crippen LogP contribution is -2.04.